The number of nitrogens with one attached hydrogen (secondary N) is 1. The average Bonchev–Trinajstić information content (AvgIpc) is 2.46. The van der Waals surface area contributed by atoms with Gasteiger partial charge in [-0.3, -0.25) is 9.78 Å². The van der Waals surface area contributed by atoms with Gasteiger partial charge < -0.3 is 11.1 Å². The molecule has 0 unspecified atom stereocenters. The molecule has 0 aliphatic carbocycles. The third-order valence-corrected chi connectivity index (χ3v) is 4.74. The molecule has 116 valence electrons. The summed E-state index contributed by atoms with van der Waals surface area (Å²) in [5, 5.41) is 2.41. The molecule has 1 aromatic heterocycles. The van der Waals surface area contributed by atoms with Crippen LogP contribution in [0.3, 0.4) is 0 Å². The minimum atomic E-state index is -3.78. The zero-order chi connectivity index (χ0) is 16.0. The van der Waals surface area contributed by atoms with Crippen LogP contribution < -0.4 is 11.1 Å². The van der Waals surface area contributed by atoms with Crippen LogP contribution in [0.1, 0.15) is 19.0 Å². The van der Waals surface area contributed by atoms with Crippen molar-refractivity contribution in [3.8, 4) is 0 Å². The molecular weight excluding hydrogens is 312 g/mol. The zero-order valence-electron chi connectivity index (χ0n) is 11.9. The molecule has 0 fully saturated rings. The van der Waals surface area contributed by atoms with Crippen molar-refractivity contribution in [3.63, 3.8) is 0 Å². The first-order valence-corrected chi connectivity index (χ1v) is 8.14. The first-order valence-electron chi connectivity index (χ1n) is 6.29. The van der Waals surface area contributed by atoms with Crippen molar-refractivity contribution in [1.82, 2.24) is 14.6 Å². The van der Waals surface area contributed by atoms with E-state index in [-0.39, 0.29) is 28.9 Å². The Morgan fingerprint density at radius 1 is 1.48 bits per heavy atom. The molecule has 0 radical (unpaired) electrons. The van der Waals surface area contributed by atoms with Crippen LogP contribution in [0, 0.1) is 0 Å². The second-order valence-corrected chi connectivity index (χ2v) is 6.63. The van der Waals surface area contributed by atoms with E-state index < -0.39 is 10.0 Å². The molecule has 1 heterocycles. The van der Waals surface area contributed by atoms with Gasteiger partial charge in [0.2, 0.25) is 15.9 Å². The minimum Gasteiger partial charge on any atom is -0.388 e. The zero-order valence-corrected chi connectivity index (χ0v) is 13.5. The third kappa shape index (κ3) is 4.45. The third-order valence-electron chi connectivity index (χ3n) is 2.70. The van der Waals surface area contributed by atoms with Gasteiger partial charge >= 0.3 is 0 Å². The number of sulfonamides is 1. The Balaban J connectivity index is 3.09. The lowest BCUT2D eigenvalue weighted by molar-refractivity contribution is -0.120. The summed E-state index contributed by atoms with van der Waals surface area (Å²) in [6.45, 7) is 1.84. The molecule has 0 saturated carbocycles. The maximum absolute atomic E-state index is 12.5. The fraction of sp³-hybridized carbons (Fsp3) is 0.417. The number of hydrogen-bond donors (Lipinski definition) is 2. The van der Waals surface area contributed by atoms with Crippen molar-refractivity contribution in [2.45, 2.75) is 18.2 Å². The van der Waals surface area contributed by atoms with Gasteiger partial charge in [0.05, 0.1) is 12.2 Å². The monoisotopic (exact) mass is 330 g/mol. The van der Waals surface area contributed by atoms with E-state index >= 15 is 0 Å². The first kappa shape index (κ1) is 17.5. The van der Waals surface area contributed by atoms with Crippen LogP contribution in [0.2, 0.25) is 0 Å². The molecule has 0 spiro atoms. The number of pyridine rings is 1. The first-order chi connectivity index (χ1) is 9.82. The predicted octanol–water partition coefficient (Wildman–Crippen LogP) is -0.137. The molecule has 21 heavy (non-hydrogen) atoms. The van der Waals surface area contributed by atoms with E-state index in [9.17, 15) is 13.2 Å². The summed E-state index contributed by atoms with van der Waals surface area (Å²) in [5.74, 6) is -0.375. The SMILES string of the molecule is CCCN(CC(=O)NC)S(=O)(=O)c1ccc(C(N)=S)nc1. The van der Waals surface area contributed by atoms with Crippen LogP contribution >= 0.6 is 12.2 Å². The van der Waals surface area contributed by atoms with Gasteiger partial charge in [-0.2, -0.15) is 4.31 Å². The summed E-state index contributed by atoms with van der Waals surface area (Å²) in [4.78, 5) is 15.5. The van der Waals surface area contributed by atoms with Gasteiger partial charge in [-0.05, 0) is 18.6 Å². The fourth-order valence-corrected chi connectivity index (χ4v) is 3.16. The molecule has 1 amide bonds. The number of carbonyl (C=O) groups excluding carboxylic acids is 1. The summed E-state index contributed by atoms with van der Waals surface area (Å²) in [6.07, 6.45) is 1.78. The molecule has 0 bridgehead atoms. The van der Waals surface area contributed by atoms with E-state index in [1.54, 1.807) is 0 Å². The van der Waals surface area contributed by atoms with Crippen LogP contribution in [-0.2, 0) is 14.8 Å². The highest BCUT2D eigenvalue weighted by atomic mass is 32.2. The molecule has 0 aliphatic heterocycles. The number of amides is 1. The lowest BCUT2D eigenvalue weighted by atomic mass is 10.3. The van der Waals surface area contributed by atoms with E-state index in [0.717, 1.165) is 4.31 Å². The summed E-state index contributed by atoms with van der Waals surface area (Å²) in [7, 11) is -2.33. The standard InChI is InChI=1S/C12H18N4O3S2/c1-3-6-16(8-11(17)14-2)21(18,19)9-4-5-10(12(13)20)15-7-9/h4-5,7H,3,6,8H2,1-2H3,(H2,13,20)(H,14,17). The van der Waals surface area contributed by atoms with E-state index in [1.807, 2.05) is 6.92 Å². The van der Waals surface area contributed by atoms with Crippen LogP contribution in [-0.4, -0.2) is 48.7 Å². The van der Waals surface area contributed by atoms with Crippen LogP contribution in [0.25, 0.3) is 0 Å². The summed E-state index contributed by atoms with van der Waals surface area (Å²) in [6, 6.07) is 2.82. The number of nitrogens with two attached hydrogens (primary N) is 1. The van der Waals surface area contributed by atoms with E-state index in [1.165, 1.54) is 25.4 Å². The Hall–Kier alpha value is -1.58. The highest BCUT2D eigenvalue weighted by Crippen LogP contribution is 2.15. The lowest BCUT2D eigenvalue weighted by Gasteiger charge is -2.20. The maximum atomic E-state index is 12.5. The molecule has 7 nitrogen and oxygen atoms in total. The van der Waals surface area contributed by atoms with Gasteiger partial charge in [-0.1, -0.05) is 19.1 Å². The van der Waals surface area contributed by atoms with Gasteiger partial charge in [0.1, 0.15) is 9.88 Å². The summed E-state index contributed by atoms with van der Waals surface area (Å²) < 4.78 is 26.1. The second-order valence-electron chi connectivity index (χ2n) is 4.26. The van der Waals surface area contributed by atoms with Crippen molar-refractivity contribution in [1.29, 1.82) is 0 Å². The minimum absolute atomic E-state index is 0.000136. The highest BCUT2D eigenvalue weighted by Gasteiger charge is 2.26. The number of thiocarbonyl (C=S) groups is 1. The molecule has 0 saturated heterocycles. The molecule has 3 N–H and O–H groups in total. The van der Waals surface area contributed by atoms with Gasteiger partial charge in [0.25, 0.3) is 0 Å². The van der Waals surface area contributed by atoms with Crippen molar-refractivity contribution in [2.24, 2.45) is 5.73 Å². The van der Waals surface area contributed by atoms with E-state index in [4.69, 9.17) is 18.0 Å². The second kappa shape index (κ2) is 7.43. The largest absolute Gasteiger partial charge is 0.388 e. The number of carbonyl (C=O) groups is 1. The van der Waals surface area contributed by atoms with Crippen LogP contribution in [0.4, 0.5) is 0 Å². The molecule has 1 rings (SSSR count). The number of rotatable bonds is 7. The number of likely N-dealkylation sites (N-methyl/N-ethyl adjacent to an activating group) is 1. The Labute approximate surface area is 129 Å². The lowest BCUT2D eigenvalue weighted by Crippen LogP contribution is -2.40. The summed E-state index contributed by atoms with van der Waals surface area (Å²) >= 11 is 4.77. The van der Waals surface area contributed by atoms with Crippen LogP contribution in [0.5, 0.6) is 0 Å². The Kier molecular flexibility index (Phi) is 6.19. The quantitative estimate of drug-likeness (QED) is 0.674. The summed E-state index contributed by atoms with van der Waals surface area (Å²) in [5.41, 5.74) is 5.77. The topological polar surface area (TPSA) is 105 Å². The van der Waals surface area contributed by atoms with E-state index in [2.05, 4.69) is 10.3 Å². The van der Waals surface area contributed by atoms with Crippen LogP contribution in [0.15, 0.2) is 23.2 Å². The molecule has 9 heteroatoms. The Morgan fingerprint density at radius 2 is 2.14 bits per heavy atom. The van der Waals surface area contributed by atoms with Gasteiger partial charge in [-0.25, -0.2) is 8.42 Å². The predicted molar refractivity (Wildman–Crippen MR) is 83.2 cm³/mol. The van der Waals surface area contributed by atoms with Crippen molar-refractivity contribution >= 4 is 33.1 Å². The smallest absolute Gasteiger partial charge is 0.245 e. The average molecular weight is 330 g/mol. The fourth-order valence-electron chi connectivity index (χ4n) is 1.60. The Morgan fingerprint density at radius 3 is 2.57 bits per heavy atom. The maximum Gasteiger partial charge on any atom is 0.245 e. The van der Waals surface area contributed by atoms with Gasteiger partial charge in [0.15, 0.2) is 0 Å². The van der Waals surface area contributed by atoms with Crippen molar-refractivity contribution in [3.05, 3.63) is 24.0 Å². The molecule has 0 aliphatic rings. The number of hydrogen-bond acceptors (Lipinski definition) is 5. The molecule has 1 aromatic rings. The van der Waals surface area contributed by atoms with Crippen molar-refractivity contribution in [2.75, 3.05) is 20.1 Å². The number of nitrogens with zero attached hydrogens (tertiary/aromatic N) is 2. The Bertz CT molecular complexity index is 614. The van der Waals surface area contributed by atoms with Crippen molar-refractivity contribution < 1.29 is 13.2 Å². The normalized spacial score (nSPS) is 11.4. The molecular formula is C12H18N4O3S2. The van der Waals surface area contributed by atoms with E-state index in [0.29, 0.717) is 12.1 Å². The number of aromatic nitrogens is 1. The molecule has 0 aromatic carbocycles. The van der Waals surface area contributed by atoms with Gasteiger partial charge in [-0.15, -0.1) is 0 Å². The highest BCUT2D eigenvalue weighted by molar-refractivity contribution is 7.89. The molecule has 0 atom stereocenters. The van der Waals surface area contributed by atoms with Gasteiger partial charge in [0, 0.05) is 19.8 Å².